The molecule has 1 aromatic heterocycles. The van der Waals surface area contributed by atoms with Crippen LogP contribution in [0.25, 0.3) is 0 Å². The first-order chi connectivity index (χ1) is 13.4. The lowest BCUT2D eigenvalue weighted by atomic mass is 9.59. The van der Waals surface area contributed by atoms with Crippen molar-refractivity contribution in [1.29, 1.82) is 0 Å². The van der Waals surface area contributed by atoms with Gasteiger partial charge in [0.2, 0.25) is 0 Å². The molecule has 1 aliphatic carbocycles. The van der Waals surface area contributed by atoms with Gasteiger partial charge in [0.25, 0.3) is 5.92 Å². The minimum Gasteiger partial charge on any atom is -0.444 e. The maximum Gasteiger partial charge on any atom is 0.412 e. The molecule has 0 atom stereocenters. The van der Waals surface area contributed by atoms with Gasteiger partial charge >= 0.3 is 6.09 Å². The first-order valence-electron chi connectivity index (χ1n) is 9.05. The molecule has 0 bridgehead atoms. The van der Waals surface area contributed by atoms with Crippen LogP contribution < -0.4 is 5.32 Å². The number of nitrogens with one attached hydrogen (secondary N) is 1. The van der Waals surface area contributed by atoms with Crippen molar-refractivity contribution in [3.05, 3.63) is 58.9 Å². The third-order valence-electron chi connectivity index (χ3n) is 4.59. The lowest BCUT2D eigenvalue weighted by molar-refractivity contribution is -0.113. The number of Topliss-reactive ketones (excluding diaryl/α,β-unsaturated/α-hetero) is 1. The van der Waals surface area contributed by atoms with Gasteiger partial charge in [0.05, 0.1) is 17.3 Å². The number of ether oxygens (including phenoxy) is 1. The van der Waals surface area contributed by atoms with E-state index in [4.69, 9.17) is 16.3 Å². The maximum atomic E-state index is 13.8. The molecule has 154 valence electrons. The van der Waals surface area contributed by atoms with E-state index >= 15 is 0 Å². The number of hydrogen-bond acceptors (Lipinski definition) is 4. The fourth-order valence-electron chi connectivity index (χ4n) is 3.36. The molecule has 3 rings (SSSR count). The van der Waals surface area contributed by atoms with Gasteiger partial charge in [-0.15, -0.1) is 0 Å². The summed E-state index contributed by atoms with van der Waals surface area (Å²) in [6.45, 7) is 5.20. The van der Waals surface area contributed by atoms with Crippen LogP contribution in [-0.4, -0.2) is 28.4 Å². The second kappa shape index (κ2) is 7.37. The molecule has 1 amide bonds. The highest BCUT2D eigenvalue weighted by atomic mass is 35.5. The second-order valence-corrected chi connectivity index (χ2v) is 8.62. The summed E-state index contributed by atoms with van der Waals surface area (Å²) in [4.78, 5) is 29.0. The van der Waals surface area contributed by atoms with Crippen LogP contribution in [-0.2, 0) is 10.2 Å². The number of nitrogens with zero attached hydrogens (tertiary/aromatic N) is 1. The normalized spacial score (nSPS) is 17.2. The van der Waals surface area contributed by atoms with Gasteiger partial charge in [-0.3, -0.25) is 15.1 Å². The molecule has 1 N–H and O–H groups in total. The Morgan fingerprint density at radius 1 is 1.10 bits per heavy atom. The van der Waals surface area contributed by atoms with E-state index in [1.165, 1.54) is 18.3 Å². The lowest BCUT2D eigenvalue weighted by Crippen LogP contribution is -2.54. The van der Waals surface area contributed by atoms with E-state index in [-0.39, 0.29) is 5.69 Å². The van der Waals surface area contributed by atoms with Crippen LogP contribution in [0.1, 0.15) is 49.7 Å². The van der Waals surface area contributed by atoms with Crippen molar-refractivity contribution in [2.75, 3.05) is 5.32 Å². The molecular formula is C21H21ClF2N2O3. The van der Waals surface area contributed by atoms with Crippen LogP contribution in [0, 0.1) is 0 Å². The minimum atomic E-state index is -2.91. The highest BCUT2D eigenvalue weighted by Gasteiger charge is 2.61. The molecule has 8 heteroatoms. The van der Waals surface area contributed by atoms with E-state index in [2.05, 4.69) is 10.3 Å². The number of hydrogen-bond donors (Lipinski definition) is 1. The highest BCUT2D eigenvalue weighted by molar-refractivity contribution is 6.30. The van der Waals surface area contributed by atoms with Crippen molar-refractivity contribution in [2.45, 2.75) is 50.6 Å². The molecule has 0 saturated heterocycles. The predicted octanol–water partition coefficient (Wildman–Crippen LogP) is 5.63. The number of alkyl halides is 2. The largest absolute Gasteiger partial charge is 0.444 e. The topological polar surface area (TPSA) is 68.3 Å². The van der Waals surface area contributed by atoms with Crippen molar-refractivity contribution in [3.8, 4) is 0 Å². The number of aromatic nitrogens is 1. The number of carbonyl (C=O) groups is 2. The quantitative estimate of drug-likeness (QED) is 0.648. The van der Waals surface area contributed by atoms with E-state index in [9.17, 15) is 18.4 Å². The Morgan fingerprint density at radius 3 is 2.21 bits per heavy atom. The zero-order valence-corrected chi connectivity index (χ0v) is 17.0. The van der Waals surface area contributed by atoms with Gasteiger partial charge in [0.15, 0.2) is 5.78 Å². The molecule has 2 aromatic rings. The molecule has 0 spiro atoms. The number of halogens is 3. The minimum absolute atomic E-state index is 0.0465. The van der Waals surface area contributed by atoms with Crippen molar-refractivity contribution in [1.82, 2.24) is 4.98 Å². The number of rotatable bonds is 4. The molecule has 1 aliphatic rings. The van der Waals surface area contributed by atoms with Crippen LogP contribution >= 0.6 is 11.6 Å². The van der Waals surface area contributed by atoms with Crippen LogP contribution in [0.5, 0.6) is 0 Å². The van der Waals surface area contributed by atoms with E-state index in [0.717, 1.165) is 0 Å². The number of benzene rings is 1. The average Bonchev–Trinajstić information content (AvgIpc) is 2.58. The Kier molecular flexibility index (Phi) is 5.38. The Bertz CT molecular complexity index is 914. The lowest BCUT2D eigenvalue weighted by Gasteiger charge is -2.46. The van der Waals surface area contributed by atoms with Crippen molar-refractivity contribution < 1.29 is 23.1 Å². The van der Waals surface area contributed by atoms with E-state index in [1.807, 2.05) is 0 Å². The third-order valence-corrected chi connectivity index (χ3v) is 4.85. The van der Waals surface area contributed by atoms with Crippen molar-refractivity contribution >= 4 is 29.2 Å². The second-order valence-electron chi connectivity index (χ2n) is 8.19. The number of amides is 1. The molecule has 1 saturated carbocycles. The van der Waals surface area contributed by atoms with Gasteiger partial charge in [0, 0.05) is 17.9 Å². The zero-order valence-electron chi connectivity index (χ0n) is 16.3. The Balaban J connectivity index is 1.80. The van der Waals surface area contributed by atoms with E-state index in [1.54, 1.807) is 45.0 Å². The van der Waals surface area contributed by atoms with Crippen LogP contribution in [0.2, 0.25) is 5.02 Å². The molecule has 0 unspecified atom stereocenters. The number of carbonyl (C=O) groups excluding carboxylic acids is 2. The average molecular weight is 423 g/mol. The Labute approximate surface area is 172 Å². The molecule has 0 radical (unpaired) electrons. The summed E-state index contributed by atoms with van der Waals surface area (Å²) in [7, 11) is 0. The number of anilines is 1. The fourth-order valence-corrected chi connectivity index (χ4v) is 3.49. The number of pyridine rings is 1. The zero-order chi connectivity index (χ0) is 21.4. The third kappa shape index (κ3) is 4.72. The van der Waals surface area contributed by atoms with Gasteiger partial charge in [-0.2, -0.15) is 0 Å². The summed E-state index contributed by atoms with van der Waals surface area (Å²) >= 11 is 5.88. The molecule has 1 aromatic carbocycles. The molecule has 1 heterocycles. The van der Waals surface area contributed by atoms with Crippen molar-refractivity contribution in [3.63, 3.8) is 0 Å². The summed E-state index contributed by atoms with van der Waals surface area (Å²) in [5.41, 5.74) is -1.15. The highest BCUT2D eigenvalue weighted by Crippen LogP contribution is 2.54. The molecular weight excluding hydrogens is 402 g/mol. The Hall–Kier alpha value is -2.54. The summed E-state index contributed by atoms with van der Waals surface area (Å²) in [6, 6.07) is 9.22. The molecule has 1 fully saturated rings. The fraction of sp³-hybridized carbons (Fsp3) is 0.381. The predicted molar refractivity (Wildman–Crippen MR) is 106 cm³/mol. The summed E-state index contributed by atoms with van der Waals surface area (Å²) in [6.07, 6.45) is -0.529. The summed E-state index contributed by atoms with van der Waals surface area (Å²) < 4.78 is 32.7. The van der Waals surface area contributed by atoms with E-state index in [0.29, 0.717) is 16.3 Å². The van der Waals surface area contributed by atoms with Gasteiger partial charge in [-0.25, -0.2) is 13.6 Å². The summed E-state index contributed by atoms with van der Waals surface area (Å²) in [5.74, 6) is -3.40. The number of ketones is 1. The standard InChI is InChI=1S/C21H21ClF2N2O3/c1-19(2,3)29-18(28)26-15-8-9-16(25-10-15)17(27)20(11-21(23,24)12-20)13-4-6-14(22)7-5-13/h4-10H,11-12H2,1-3H3,(H,26,28). The molecule has 29 heavy (non-hydrogen) atoms. The first-order valence-corrected chi connectivity index (χ1v) is 9.43. The van der Waals surface area contributed by atoms with Gasteiger partial charge in [-0.05, 0) is 50.6 Å². The molecule has 5 nitrogen and oxygen atoms in total. The van der Waals surface area contributed by atoms with E-state index < -0.39 is 41.7 Å². The van der Waals surface area contributed by atoms with Crippen molar-refractivity contribution in [2.24, 2.45) is 0 Å². The summed E-state index contributed by atoms with van der Waals surface area (Å²) in [5, 5.41) is 2.97. The van der Waals surface area contributed by atoms with Crippen LogP contribution in [0.4, 0.5) is 19.3 Å². The SMILES string of the molecule is CC(C)(C)OC(=O)Nc1ccc(C(=O)C2(c3ccc(Cl)cc3)CC(F)(F)C2)nc1. The van der Waals surface area contributed by atoms with Crippen LogP contribution in [0.15, 0.2) is 42.6 Å². The van der Waals surface area contributed by atoms with Gasteiger partial charge < -0.3 is 4.74 Å². The monoisotopic (exact) mass is 422 g/mol. The Morgan fingerprint density at radius 2 is 1.72 bits per heavy atom. The first kappa shape index (κ1) is 21.2. The van der Waals surface area contributed by atoms with Gasteiger partial charge in [-0.1, -0.05) is 23.7 Å². The maximum absolute atomic E-state index is 13.8. The smallest absolute Gasteiger partial charge is 0.412 e. The molecule has 0 aliphatic heterocycles. The van der Waals surface area contributed by atoms with Gasteiger partial charge in [0.1, 0.15) is 11.3 Å². The van der Waals surface area contributed by atoms with Crippen LogP contribution in [0.3, 0.4) is 0 Å².